The minimum absolute atomic E-state index is 0.0549. The second-order valence-corrected chi connectivity index (χ2v) is 6.79. The highest BCUT2D eigenvalue weighted by Gasteiger charge is 2.06. The van der Waals surface area contributed by atoms with Crippen molar-refractivity contribution in [3.63, 3.8) is 0 Å². The van der Waals surface area contributed by atoms with Gasteiger partial charge >= 0.3 is 0 Å². The average molecular weight is 428 g/mol. The number of methoxy groups -OCH3 is 1. The van der Waals surface area contributed by atoms with E-state index in [4.69, 9.17) is 25.4 Å². The lowest BCUT2D eigenvalue weighted by Gasteiger charge is -2.05. The van der Waals surface area contributed by atoms with Crippen LogP contribution in [0.4, 0.5) is 11.6 Å². The Morgan fingerprint density at radius 2 is 1.87 bits per heavy atom. The first kappa shape index (κ1) is 21.0. The van der Waals surface area contributed by atoms with Gasteiger partial charge in [0.2, 0.25) is 0 Å². The number of amides is 1. The number of hydrogen-bond donors (Lipinski definition) is 3. The number of carbonyl (C=O) groups excluding carboxylic acids is 1. The van der Waals surface area contributed by atoms with Crippen molar-refractivity contribution in [3.05, 3.63) is 54.0 Å². The summed E-state index contributed by atoms with van der Waals surface area (Å²) in [6, 6.07) is 12.2. The number of anilines is 2. The number of nitrogens with zero attached hydrogens (tertiary/aromatic N) is 3. The van der Waals surface area contributed by atoms with Gasteiger partial charge in [0.05, 0.1) is 19.1 Å². The Morgan fingerprint density at radius 3 is 2.57 bits per heavy atom. The summed E-state index contributed by atoms with van der Waals surface area (Å²) in [5.74, 6) is 2.74. The average Bonchev–Trinajstić information content (AvgIpc) is 3.18. The maximum Gasteiger partial charge on any atom is 0.250 e. The van der Waals surface area contributed by atoms with Crippen LogP contribution in [-0.4, -0.2) is 35.0 Å². The predicted molar refractivity (Wildman–Crippen MR) is 113 cm³/mol. The van der Waals surface area contributed by atoms with Crippen molar-refractivity contribution < 1.29 is 18.7 Å². The topological polar surface area (TPSA) is 151 Å². The fourth-order valence-electron chi connectivity index (χ4n) is 2.22. The van der Waals surface area contributed by atoms with E-state index in [1.54, 1.807) is 31.4 Å². The SMILES string of the molecule is COc1ccc(OCc2ccc(/C=N\NC(=O)CSc3nc(N)cc(N)n3)o2)cc1. The summed E-state index contributed by atoms with van der Waals surface area (Å²) in [5.41, 5.74) is 13.6. The monoisotopic (exact) mass is 428 g/mol. The van der Waals surface area contributed by atoms with Gasteiger partial charge in [0.15, 0.2) is 5.16 Å². The van der Waals surface area contributed by atoms with Crippen LogP contribution in [0.15, 0.2) is 57.1 Å². The normalized spacial score (nSPS) is 10.8. The van der Waals surface area contributed by atoms with Gasteiger partial charge in [-0.3, -0.25) is 4.79 Å². The third-order valence-corrected chi connectivity index (χ3v) is 4.43. The molecule has 0 bridgehead atoms. The van der Waals surface area contributed by atoms with E-state index in [0.29, 0.717) is 22.4 Å². The number of furan rings is 1. The van der Waals surface area contributed by atoms with Crippen LogP contribution in [0.3, 0.4) is 0 Å². The second kappa shape index (κ2) is 10.2. The van der Waals surface area contributed by atoms with E-state index in [9.17, 15) is 4.79 Å². The zero-order valence-corrected chi connectivity index (χ0v) is 16.9. The van der Waals surface area contributed by atoms with Crippen LogP contribution in [0.2, 0.25) is 0 Å². The summed E-state index contributed by atoms with van der Waals surface area (Å²) in [6.07, 6.45) is 1.40. The molecule has 30 heavy (non-hydrogen) atoms. The highest BCUT2D eigenvalue weighted by Crippen LogP contribution is 2.19. The van der Waals surface area contributed by atoms with Gasteiger partial charge in [-0.15, -0.1) is 0 Å². The molecule has 0 aliphatic rings. The molecule has 5 N–H and O–H groups in total. The lowest BCUT2D eigenvalue weighted by molar-refractivity contribution is -0.118. The van der Waals surface area contributed by atoms with Crippen molar-refractivity contribution in [2.45, 2.75) is 11.8 Å². The third-order valence-electron chi connectivity index (χ3n) is 3.58. The lowest BCUT2D eigenvalue weighted by Crippen LogP contribution is -2.19. The fourth-order valence-corrected chi connectivity index (χ4v) is 2.89. The molecule has 2 heterocycles. The van der Waals surface area contributed by atoms with Crippen LogP contribution in [0, 0.1) is 0 Å². The van der Waals surface area contributed by atoms with Crippen LogP contribution >= 0.6 is 11.8 Å². The van der Waals surface area contributed by atoms with Crippen molar-refractivity contribution in [1.82, 2.24) is 15.4 Å². The van der Waals surface area contributed by atoms with E-state index in [2.05, 4.69) is 20.5 Å². The number of thioether (sulfide) groups is 1. The minimum atomic E-state index is -0.338. The number of nitrogen functional groups attached to an aromatic ring is 2. The Kier molecular flexibility index (Phi) is 7.11. The zero-order valence-electron chi connectivity index (χ0n) is 16.1. The molecule has 0 fully saturated rings. The van der Waals surface area contributed by atoms with Crippen LogP contribution in [0.1, 0.15) is 11.5 Å². The molecule has 1 amide bonds. The van der Waals surface area contributed by atoms with Crippen molar-refractivity contribution in [3.8, 4) is 11.5 Å². The summed E-state index contributed by atoms with van der Waals surface area (Å²) in [7, 11) is 1.60. The quantitative estimate of drug-likeness (QED) is 0.201. The fraction of sp³-hybridized carbons (Fsp3) is 0.158. The summed E-state index contributed by atoms with van der Waals surface area (Å²) in [6.45, 7) is 0.256. The molecule has 3 rings (SSSR count). The van der Waals surface area contributed by atoms with Gasteiger partial charge < -0.3 is 25.4 Å². The Hall–Kier alpha value is -3.73. The van der Waals surface area contributed by atoms with Gasteiger partial charge in [-0.05, 0) is 36.4 Å². The standard InChI is InChI=1S/C19H20N6O4S/c1-27-12-2-4-13(5-3-12)28-10-15-7-6-14(29-15)9-22-25-18(26)11-30-19-23-16(20)8-17(21)24-19/h2-9H,10-11H2,1H3,(H,25,26)(H4,20,21,23,24)/b22-9-. The van der Waals surface area contributed by atoms with E-state index < -0.39 is 0 Å². The highest BCUT2D eigenvalue weighted by atomic mass is 32.2. The number of benzene rings is 1. The largest absolute Gasteiger partial charge is 0.497 e. The predicted octanol–water partition coefficient (Wildman–Crippen LogP) is 2.06. The molecule has 0 saturated carbocycles. The number of rotatable bonds is 9. The molecule has 0 aliphatic heterocycles. The number of nitrogens with two attached hydrogens (primary N) is 2. The minimum Gasteiger partial charge on any atom is -0.497 e. The maximum absolute atomic E-state index is 11.9. The molecule has 3 aromatic rings. The van der Waals surface area contributed by atoms with Crippen molar-refractivity contribution >= 4 is 35.5 Å². The molecule has 11 heteroatoms. The third kappa shape index (κ3) is 6.41. The molecule has 0 unspecified atom stereocenters. The summed E-state index contributed by atoms with van der Waals surface area (Å²) in [5, 5.41) is 4.18. The van der Waals surface area contributed by atoms with Gasteiger partial charge in [-0.2, -0.15) is 5.10 Å². The van der Waals surface area contributed by atoms with Gasteiger partial charge in [-0.25, -0.2) is 15.4 Å². The molecule has 2 aromatic heterocycles. The van der Waals surface area contributed by atoms with E-state index in [1.807, 2.05) is 12.1 Å². The molecule has 156 valence electrons. The smallest absolute Gasteiger partial charge is 0.250 e. The molecular formula is C19H20N6O4S. The van der Waals surface area contributed by atoms with E-state index in [0.717, 1.165) is 17.5 Å². The number of hydrogen-bond acceptors (Lipinski definition) is 10. The molecular weight excluding hydrogens is 408 g/mol. The van der Waals surface area contributed by atoms with E-state index >= 15 is 0 Å². The molecule has 0 spiro atoms. The van der Waals surface area contributed by atoms with Gasteiger partial charge in [0.25, 0.3) is 5.91 Å². The van der Waals surface area contributed by atoms with Crippen LogP contribution in [0.5, 0.6) is 11.5 Å². The molecule has 0 atom stereocenters. The Balaban J connectivity index is 1.42. The molecule has 0 aliphatic carbocycles. The number of nitrogens with one attached hydrogen (secondary N) is 1. The first-order valence-corrected chi connectivity index (χ1v) is 9.70. The van der Waals surface area contributed by atoms with Crippen molar-refractivity contribution in [2.24, 2.45) is 5.10 Å². The lowest BCUT2D eigenvalue weighted by atomic mass is 10.3. The second-order valence-electron chi connectivity index (χ2n) is 5.85. The van der Waals surface area contributed by atoms with E-state index in [-0.39, 0.29) is 29.9 Å². The number of carbonyl (C=O) groups is 1. The first-order chi connectivity index (χ1) is 14.5. The van der Waals surface area contributed by atoms with Crippen LogP contribution < -0.4 is 26.4 Å². The van der Waals surface area contributed by atoms with Crippen molar-refractivity contribution in [1.29, 1.82) is 0 Å². The van der Waals surface area contributed by atoms with Gasteiger partial charge in [-0.1, -0.05) is 11.8 Å². The Morgan fingerprint density at radius 1 is 1.17 bits per heavy atom. The molecule has 10 nitrogen and oxygen atoms in total. The Bertz CT molecular complexity index is 1000. The van der Waals surface area contributed by atoms with Gasteiger partial charge in [0.1, 0.15) is 41.3 Å². The zero-order chi connectivity index (χ0) is 21.3. The van der Waals surface area contributed by atoms with Gasteiger partial charge in [0, 0.05) is 6.07 Å². The highest BCUT2D eigenvalue weighted by molar-refractivity contribution is 7.99. The molecule has 1 aromatic carbocycles. The Labute approximate surface area is 176 Å². The number of ether oxygens (including phenoxy) is 2. The number of aromatic nitrogens is 2. The number of hydrazone groups is 1. The van der Waals surface area contributed by atoms with E-state index in [1.165, 1.54) is 12.3 Å². The first-order valence-electron chi connectivity index (χ1n) is 8.72. The summed E-state index contributed by atoms with van der Waals surface area (Å²) < 4.78 is 16.3. The van der Waals surface area contributed by atoms with Crippen molar-refractivity contribution in [2.75, 3.05) is 24.3 Å². The maximum atomic E-state index is 11.9. The summed E-state index contributed by atoms with van der Waals surface area (Å²) in [4.78, 5) is 19.8. The van der Waals surface area contributed by atoms with Crippen LogP contribution in [-0.2, 0) is 11.4 Å². The molecule has 0 saturated heterocycles. The molecule has 0 radical (unpaired) electrons. The summed E-state index contributed by atoms with van der Waals surface area (Å²) >= 11 is 1.10. The van der Waals surface area contributed by atoms with Crippen LogP contribution in [0.25, 0.3) is 0 Å².